The predicted molar refractivity (Wildman–Crippen MR) is 65.3 cm³/mol. The van der Waals surface area contributed by atoms with Crippen molar-refractivity contribution in [3.05, 3.63) is 29.3 Å². The Labute approximate surface area is 96.0 Å². The zero-order valence-corrected chi connectivity index (χ0v) is 9.79. The molecule has 0 radical (unpaired) electrons. The van der Waals surface area contributed by atoms with E-state index in [1.807, 2.05) is 19.1 Å². The van der Waals surface area contributed by atoms with E-state index in [4.69, 9.17) is 5.73 Å². The van der Waals surface area contributed by atoms with Gasteiger partial charge in [0.1, 0.15) is 0 Å². The van der Waals surface area contributed by atoms with E-state index < -0.39 is 0 Å². The van der Waals surface area contributed by atoms with Crippen LogP contribution in [0.25, 0.3) is 0 Å². The summed E-state index contributed by atoms with van der Waals surface area (Å²) < 4.78 is 0. The summed E-state index contributed by atoms with van der Waals surface area (Å²) in [7, 11) is 0. The van der Waals surface area contributed by atoms with E-state index in [9.17, 15) is 4.79 Å². The molecule has 0 heterocycles. The number of aryl methyl sites for hydroxylation is 2. The molecule has 2 rings (SSSR count). The molecule has 3 heteroatoms. The Morgan fingerprint density at radius 1 is 1.56 bits per heavy atom. The second-order valence-corrected chi connectivity index (χ2v) is 4.46. The fourth-order valence-corrected chi connectivity index (χ4v) is 1.93. The van der Waals surface area contributed by atoms with Gasteiger partial charge in [-0.3, -0.25) is 4.79 Å². The van der Waals surface area contributed by atoms with Gasteiger partial charge in [0.2, 0.25) is 5.91 Å². The molecule has 1 aliphatic carbocycles. The number of hydrogen-bond acceptors (Lipinski definition) is 2. The van der Waals surface area contributed by atoms with E-state index in [2.05, 4.69) is 18.3 Å². The van der Waals surface area contributed by atoms with Gasteiger partial charge in [-0.2, -0.15) is 0 Å². The van der Waals surface area contributed by atoms with Crippen LogP contribution in [0.4, 0.5) is 5.69 Å². The number of hydrogen-bond donors (Lipinski definition) is 2. The number of carbonyl (C=O) groups is 1. The van der Waals surface area contributed by atoms with Crippen molar-refractivity contribution in [2.24, 2.45) is 11.7 Å². The summed E-state index contributed by atoms with van der Waals surface area (Å²) >= 11 is 0. The maximum atomic E-state index is 11.8. The summed E-state index contributed by atoms with van der Waals surface area (Å²) in [5.41, 5.74) is 8.93. The molecule has 16 heavy (non-hydrogen) atoms. The summed E-state index contributed by atoms with van der Waals surface area (Å²) in [4.78, 5) is 11.8. The van der Waals surface area contributed by atoms with Crippen molar-refractivity contribution in [2.45, 2.75) is 32.7 Å². The van der Waals surface area contributed by atoms with E-state index in [-0.39, 0.29) is 17.9 Å². The number of rotatable bonds is 3. The molecule has 1 amide bonds. The monoisotopic (exact) mass is 218 g/mol. The van der Waals surface area contributed by atoms with Crippen LogP contribution in [0.2, 0.25) is 0 Å². The zero-order valence-electron chi connectivity index (χ0n) is 9.79. The van der Waals surface area contributed by atoms with Gasteiger partial charge >= 0.3 is 0 Å². The molecule has 86 valence electrons. The van der Waals surface area contributed by atoms with E-state index in [1.165, 1.54) is 5.56 Å². The van der Waals surface area contributed by atoms with Crippen LogP contribution in [0, 0.1) is 12.8 Å². The summed E-state index contributed by atoms with van der Waals surface area (Å²) in [6.07, 6.45) is 1.74. The highest BCUT2D eigenvalue weighted by molar-refractivity contribution is 5.96. The highest BCUT2D eigenvalue weighted by atomic mass is 16.2. The Morgan fingerprint density at radius 3 is 2.81 bits per heavy atom. The topological polar surface area (TPSA) is 55.1 Å². The molecule has 1 aromatic carbocycles. The first-order valence-corrected chi connectivity index (χ1v) is 5.78. The molecule has 0 saturated heterocycles. The normalized spacial score (nSPS) is 22.9. The van der Waals surface area contributed by atoms with Crippen molar-refractivity contribution in [1.29, 1.82) is 0 Å². The van der Waals surface area contributed by atoms with Crippen LogP contribution in [0.3, 0.4) is 0 Å². The fraction of sp³-hybridized carbons (Fsp3) is 0.462. The molecule has 0 bridgehead atoms. The Morgan fingerprint density at radius 2 is 2.25 bits per heavy atom. The summed E-state index contributed by atoms with van der Waals surface area (Å²) in [5.74, 6) is 0.0841. The van der Waals surface area contributed by atoms with Gasteiger partial charge in [0.25, 0.3) is 0 Å². The summed E-state index contributed by atoms with van der Waals surface area (Å²) in [6.45, 7) is 4.11. The van der Waals surface area contributed by atoms with Crippen LogP contribution in [0.5, 0.6) is 0 Å². The van der Waals surface area contributed by atoms with Crippen molar-refractivity contribution in [2.75, 3.05) is 5.32 Å². The van der Waals surface area contributed by atoms with Crippen molar-refractivity contribution < 1.29 is 4.79 Å². The van der Waals surface area contributed by atoms with Crippen LogP contribution >= 0.6 is 0 Å². The molecule has 0 aromatic heterocycles. The quantitative estimate of drug-likeness (QED) is 0.813. The Balaban J connectivity index is 2.17. The number of nitrogens with two attached hydrogens (primary N) is 1. The molecule has 1 aromatic rings. The maximum absolute atomic E-state index is 11.8. The lowest BCUT2D eigenvalue weighted by molar-refractivity contribution is -0.117. The average Bonchev–Trinajstić information content (AvgIpc) is 2.98. The first kappa shape index (κ1) is 11.1. The largest absolute Gasteiger partial charge is 0.327 e. The third-order valence-electron chi connectivity index (χ3n) is 3.16. The molecular weight excluding hydrogens is 200 g/mol. The summed E-state index contributed by atoms with van der Waals surface area (Å²) in [6, 6.07) is 6.15. The number of anilines is 1. The number of nitrogens with one attached hydrogen (secondary N) is 1. The molecule has 2 atom stereocenters. The minimum Gasteiger partial charge on any atom is -0.327 e. The van der Waals surface area contributed by atoms with Crippen molar-refractivity contribution >= 4 is 11.6 Å². The molecule has 0 aliphatic heterocycles. The van der Waals surface area contributed by atoms with Gasteiger partial charge in [0.05, 0.1) is 5.92 Å². The second kappa shape index (κ2) is 4.26. The molecule has 2 unspecified atom stereocenters. The zero-order chi connectivity index (χ0) is 11.7. The fourth-order valence-electron chi connectivity index (χ4n) is 1.93. The Hall–Kier alpha value is -1.35. The number of benzene rings is 1. The van der Waals surface area contributed by atoms with Crippen LogP contribution < -0.4 is 11.1 Å². The van der Waals surface area contributed by atoms with Gasteiger partial charge in [0, 0.05) is 11.7 Å². The van der Waals surface area contributed by atoms with Crippen molar-refractivity contribution in [1.82, 2.24) is 0 Å². The van der Waals surface area contributed by atoms with Gasteiger partial charge in [-0.15, -0.1) is 0 Å². The van der Waals surface area contributed by atoms with E-state index in [1.54, 1.807) is 0 Å². The van der Waals surface area contributed by atoms with E-state index >= 15 is 0 Å². The van der Waals surface area contributed by atoms with Gasteiger partial charge in [-0.05, 0) is 30.9 Å². The lowest BCUT2D eigenvalue weighted by Crippen LogP contribution is -2.19. The third kappa shape index (κ3) is 2.09. The molecule has 1 saturated carbocycles. The van der Waals surface area contributed by atoms with Gasteiger partial charge in [-0.25, -0.2) is 0 Å². The molecule has 3 nitrogen and oxygen atoms in total. The Kier molecular flexibility index (Phi) is 2.97. The number of para-hydroxylation sites is 1. The van der Waals surface area contributed by atoms with Crippen LogP contribution in [0.15, 0.2) is 18.2 Å². The number of amides is 1. The van der Waals surface area contributed by atoms with E-state index in [0.29, 0.717) is 0 Å². The van der Waals surface area contributed by atoms with Crippen LogP contribution in [-0.2, 0) is 11.2 Å². The van der Waals surface area contributed by atoms with E-state index in [0.717, 1.165) is 24.1 Å². The second-order valence-electron chi connectivity index (χ2n) is 4.46. The molecule has 1 aliphatic rings. The van der Waals surface area contributed by atoms with Crippen LogP contribution in [-0.4, -0.2) is 11.9 Å². The predicted octanol–water partition coefficient (Wildman–Crippen LogP) is 1.84. The van der Waals surface area contributed by atoms with Crippen LogP contribution in [0.1, 0.15) is 24.5 Å². The van der Waals surface area contributed by atoms with Gasteiger partial charge < -0.3 is 11.1 Å². The smallest absolute Gasteiger partial charge is 0.229 e. The minimum atomic E-state index is 0.0179. The third-order valence-corrected chi connectivity index (χ3v) is 3.16. The highest BCUT2D eigenvalue weighted by Crippen LogP contribution is 2.30. The molecule has 0 spiro atoms. The number of carbonyl (C=O) groups excluding carboxylic acids is 1. The lowest BCUT2D eigenvalue weighted by atomic mass is 10.1. The SMILES string of the molecule is CCc1cccc(C)c1NC(=O)C1CC1N. The Bertz CT molecular complexity index is 414. The van der Waals surface area contributed by atoms with Gasteiger partial charge in [-0.1, -0.05) is 25.1 Å². The lowest BCUT2D eigenvalue weighted by Gasteiger charge is -2.12. The maximum Gasteiger partial charge on any atom is 0.229 e. The minimum absolute atomic E-state index is 0.0179. The van der Waals surface area contributed by atoms with Crippen molar-refractivity contribution in [3.63, 3.8) is 0 Å². The highest BCUT2D eigenvalue weighted by Gasteiger charge is 2.40. The van der Waals surface area contributed by atoms with Gasteiger partial charge in [0.15, 0.2) is 0 Å². The standard InChI is InChI=1S/C13H18N2O/c1-3-9-6-4-5-8(2)12(9)15-13(16)10-7-11(10)14/h4-6,10-11H,3,7,14H2,1-2H3,(H,15,16). The average molecular weight is 218 g/mol. The van der Waals surface area contributed by atoms with Crippen molar-refractivity contribution in [3.8, 4) is 0 Å². The first-order chi connectivity index (χ1) is 7.63. The molecular formula is C13H18N2O. The first-order valence-electron chi connectivity index (χ1n) is 5.78. The molecule has 3 N–H and O–H groups in total. The summed E-state index contributed by atoms with van der Waals surface area (Å²) in [5, 5.41) is 3.00. The molecule has 1 fully saturated rings.